The van der Waals surface area contributed by atoms with E-state index in [0.29, 0.717) is 23.4 Å². The molecule has 54 heavy (non-hydrogen) atoms. The van der Waals surface area contributed by atoms with Crippen molar-refractivity contribution in [2.24, 2.45) is 23.7 Å². The molecule has 4 nitrogen and oxygen atoms in total. The first-order valence-electron chi connectivity index (χ1n) is 19.7. The summed E-state index contributed by atoms with van der Waals surface area (Å²) >= 11 is 0. The van der Waals surface area contributed by atoms with Crippen molar-refractivity contribution in [3.05, 3.63) is 145 Å². The SMILES string of the molecule is c1ccc(-c2nc(-c3cccc(-c4c5c(cc6c4oc4ccccc46)C4(c6ccccc6-5)C5CC6CC(C5)CC4C6)c3)nc3oc4ccccc4c23)cc1. The lowest BCUT2D eigenvalue weighted by Gasteiger charge is -2.61. The van der Waals surface area contributed by atoms with Crippen molar-refractivity contribution in [1.82, 2.24) is 9.97 Å². The van der Waals surface area contributed by atoms with Crippen molar-refractivity contribution in [2.45, 2.75) is 37.5 Å². The monoisotopic (exact) mass is 696 g/mol. The zero-order valence-corrected chi connectivity index (χ0v) is 29.8. The van der Waals surface area contributed by atoms with Gasteiger partial charge < -0.3 is 8.83 Å². The fourth-order valence-corrected chi connectivity index (χ4v) is 12.1. The summed E-state index contributed by atoms with van der Waals surface area (Å²) in [6.07, 6.45) is 6.83. The second-order valence-electron chi connectivity index (χ2n) is 16.5. The topological polar surface area (TPSA) is 52.1 Å². The van der Waals surface area contributed by atoms with Gasteiger partial charge in [0.1, 0.15) is 16.7 Å². The van der Waals surface area contributed by atoms with Gasteiger partial charge in [-0.25, -0.2) is 4.98 Å². The molecule has 4 bridgehead atoms. The fraction of sp³-hybridized carbons (Fsp3) is 0.200. The van der Waals surface area contributed by atoms with Gasteiger partial charge in [0, 0.05) is 38.3 Å². The van der Waals surface area contributed by atoms with Crippen LogP contribution in [0.15, 0.2) is 142 Å². The highest BCUT2D eigenvalue weighted by Crippen LogP contribution is 2.70. The lowest BCUT2D eigenvalue weighted by atomic mass is 9.43. The van der Waals surface area contributed by atoms with Crippen LogP contribution >= 0.6 is 0 Å². The highest BCUT2D eigenvalue weighted by Gasteiger charge is 2.62. The Balaban J connectivity index is 1.09. The van der Waals surface area contributed by atoms with Gasteiger partial charge in [-0.2, -0.15) is 4.98 Å². The molecule has 0 unspecified atom stereocenters. The van der Waals surface area contributed by atoms with Crippen LogP contribution in [0.4, 0.5) is 0 Å². The van der Waals surface area contributed by atoms with Gasteiger partial charge in [0.05, 0.1) is 11.1 Å². The minimum atomic E-state index is 0.0400. The minimum absolute atomic E-state index is 0.0400. The number of para-hydroxylation sites is 2. The van der Waals surface area contributed by atoms with E-state index in [-0.39, 0.29) is 5.41 Å². The first-order valence-corrected chi connectivity index (χ1v) is 19.7. The maximum absolute atomic E-state index is 6.94. The Labute approximate surface area is 312 Å². The van der Waals surface area contributed by atoms with E-state index in [1.54, 1.807) is 5.56 Å². The van der Waals surface area contributed by atoms with Crippen LogP contribution in [0.1, 0.15) is 43.2 Å². The molecule has 3 aromatic heterocycles. The maximum atomic E-state index is 6.94. The van der Waals surface area contributed by atoms with Crippen LogP contribution < -0.4 is 0 Å². The zero-order valence-electron chi connectivity index (χ0n) is 29.8. The van der Waals surface area contributed by atoms with E-state index in [9.17, 15) is 0 Å². The van der Waals surface area contributed by atoms with Crippen molar-refractivity contribution in [3.63, 3.8) is 0 Å². The number of nitrogens with zero attached hydrogens (tertiary/aromatic N) is 2. The van der Waals surface area contributed by atoms with Gasteiger partial charge in [0.25, 0.3) is 0 Å². The quantitative estimate of drug-likeness (QED) is 0.184. The van der Waals surface area contributed by atoms with Gasteiger partial charge in [0.15, 0.2) is 5.82 Å². The summed E-state index contributed by atoms with van der Waals surface area (Å²) in [4.78, 5) is 10.5. The standard InChI is InChI=1S/C50H36N2O2/c1-2-11-30(12-3-1)46-45-37-17-6-9-20-42(37)54-49(45)52-48(51-46)32-14-10-13-31(26-32)43-44-36-16-4-7-18-39(36)50(33-22-28-21-29(24-33)25-34(50)23-28)40(44)27-38-35-15-5-8-19-41(35)53-47(38)43/h1-20,26-29,33-34H,21-25H2. The number of hydrogen-bond acceptors (Lipinski definition) is 4. The summed E-state index contributed by atoms with van der Waals surface area (Å²) in [5.41, 5.74) is 14.4. The average Bonchev–Trinajstić information content (AvgIpc) is 3.87. The first-order chi connectivity index (χ1) is 26.7. The second-order valence-corrected chi connectivity index (χ2v) is 16.5. The van der Waals surface area contributed by atoms with Crippen LogP contribution in [-0.4, -0.2) is 9.97 Å². The number of aromatic nitrogens is 2. The van der Waals surface area contributed by atoms with Crippen molar-refractivity contribution in [3.8, 4) is 44.9 Å². The van der Waals surface area contributed by atoms with Gasteiger partial charge in [-0.05, 0) is 108 Å². The highest BCUT2D eigenvalue weighted by molar-refractivity contribution is 6.15. The summed E-state index contributed by atoms with van der Waals surface area (Å²) in [6.45, 7) is 0. The fourth-order valence-electron chi connectivity index (χ4n) is 12.1. The molecule has 0 aliphatic heterocycles. The van der Waals surface area contributed by atoms with Gasteiger partial charge in [0.2, 0.25) is 5.71 Å². The van der Waals surface area contributed by atoms with Crippen LogP contribution in [0.3, 0.4) is 0 Å². The third-order valence-electron chi connectivity index (χ3n) is 13.9. The van der Waals surface area contributed by atoms with Crippen molar-refractivity contribution in [2.75, 3.05) is 0 Å². The minimum Gasteiger partial charge on any atom is -0.455 e. The Morgan fingerprint density at radius 2 is 1.17 bits per heavy atom. The van der Waals surface area contributed by atoms with Crippen LogP contribution in [0, 0.1) is 23.7 Å². The van der Waals surface area contributed by atoms with E-state index >= 15 is 0 Å². The summed E-state index contributed by atoms with van der Waals surface area (Å²) in [7, 11) is 0. The number of rotatable bonds is 3. The van der Waals surface area contributed by atoms with E-state index in [1.807, 2.05) is 24.3 Å². The van der Waals surface area contributed by atoms with Gasteiger partial charge in [-0.3, -0.25) is 0 Å². The number of furan rings is 2. The zero-order chi connectivity index (χ0) is 35.1. The van der Waals surface area contributed by atoms with E-state index in [1.165, 1.54) is 65.1 Å². The molecule has 0 N–H and O–H groups in total. The van der Waals surface area contributed by atoms with Crippen LogP contribution in [0.2, 0.25) is 0 Å². The molecular weight excluding hydrogens is 661 g/mol. The Hall–Kier alpha value is -6.00. The molecular formula is C50H36N2O2. The Kier molecular flexibility index (Phi) is 5.77. The van der Waals surface area contributed by atoms with Gasteiger partial charge in [-0.15, -0.1) is 0 Å². The molecule has 0 atom stereocenters. The van der Waals surface area contributed by atoms with Crippen molar-refractivity contribution < 1.29 is 8.83 Å². The lowest BCUT2D eigenvalue weighted by Crippen LogP contribution is -2.55. The molecule has 258 valence electrons. The van der Waals surface area contributed by atoms with Crippen LogP contribution in [0.25, 0.3) is 88.9 Å². The summed E-state index contributed by atoms with van der Waals surface area (Å²) in [5, 5.41) is 4.38. The Morgan fingerprint density at radius 3 is 1.98 bits per heavy atom. The van der Waals surface area contributed by atoms with E-state index in [0.717, 1.165) is 61.7 Å². The molecule has 0 amide bonds. The largest absolute Gasteiger partial charge is 0.455 e. The molecule has 3 heterocycles. The number of hydrogen-bond donors (Lipinski definition) is 0. The van der Waals surface area contributed by atoms with Crippen molar-refractivity contribution in [1.29, 1.82) is 0 Å². The van der Waals surface area contributed by atoms with E-state index < -0.39 is 0 Å². The first kappa shape index (κ1) is 29.5. The average molecular weight is 697 g/mol. The molecule has 4 saturated carbocycles. The molecule has 9 aromatic rings. The molecule has 0 saturated heterocycles. The number of fused-ring (bicyclic) bond motifs is 9. The lowest BCUT2D eigenvalue weighted by molar-refractivity contribution is -0.0398. The maximum Gasteiger partial charge on any atom is 0.231 e. The van der Waals surface area contributed by atoms with Gasteiger partial charge >= 0.3 is 0 Å². The summed E-state index contributed by atoms with van der Waals surface area (Å²) in [5.74, 6) is 3.76. The molecule has 4 heteroatoms. The molecule has 5 aliphatic rings. The van der Waals surface area contributed by atoms with Crippen LogP contribution in [0.5, 0.6) is 0 Å². The molecule has 4 fully saturated rings. The Morgan fingerprint density at radius 1 is 0.500 bits per heavy atom. The molecule has 0 radical (unpaired) electrons. The molecule has 5 aliphatic carbocycles. The predicted molar refractivity (Wildman–Crippen MR) is 216 cm³/mol. The van der Waals surface area contributed by atoms with E-state index in [2.05, 4.69) is 109 Å². The third-order valence-corrected chi connectivity index (χ3v) is 13.9. The number of benzene rings is 6. The van der Waals surface area contributed by atoms with E-state index in [4.69, 9.17) is 18.8 Å². The highest BCUT2D eigenvalue weighted by atomic mass is 16.3. The predicted octanol–water partition coefficient (Wildman–Crippen LogP) is 13.0. The normalized spacial score (nSPS) is 23.6. The van der Waals surface area contributed by atoms with Gasteiger partial charge in [-0.1, -0.05) is 109 Å². The van der Waals surface area contributed by atoms with Crippen LogP contribution in [-0.2, 0) is 5.41 Å². The van der Waals surface area contributed by atoms with Crippen molar-refractivity contribution >= 4 is 44.0 Å². The molecule has 14 rings (SSSR count). The summed E-state index contributed by atoms with van der Waals surface area (Å²) < 4.78 is 13.4. The Bertz CT molecular complexity index is 3000. The summed E-state index contributed by atoms with van der Waals surface area (Å²) in [6, 6.07) is 47.9. The second kappa shape index (κ2) is 10.6. The molecule has 1 spiro atoms. The molecule has 6 aromatic carbocycles. The smallest absolute Gasteiger partial charge is 0.231 e. The third kappa shape index (κ3) is 3.78.